The Balaban J connectivity index is 3.07. The third-order valence-electron chi connectivity index (χ3n) is 0.715. The van der Waals surface area contributed by atoms with E-state index in [-0.39, 0.29) is 12.7 Å². The van der Waals surface area contributed by atoms with E-state index >= 15 is 0 Å². The first-order valence-electron chi connectivity index (χ1n) is 2.75. The van der Waals surface area contributed by atoms with Gasteiger partial charge in [-0.05, 0) is 13.3 Å². The summed E-state index contributed by atoms with van der Waals surface area (Å²) >= 11 is 0. The largest absolute Gasteiger partial charge is 0.325 e. The second kappa shape index (κ2) is 4.78. The first-order chi connectivity index (χ1) is 3.77. The lowest BCUT2D eigenvalue weighted by atomic mass is 10.3. The molecule has 0 aromatic heterocycles. The summed E-state index contributed by atoms with van der Waals surface area (Å²) in [5.41, 5.74) is 5.32. The fourth-order valence-corrected chi connectivity index (χ4v) is 0.374. The molecule has 0 spiro atoms. The Morgan fingerprint density at radius 2 is 2.38 bits per heavy atom. The van der Waals surface area contributed by atoms with E-state index in [1.54, 1.807) is 12.2 Å². The van der Waals surface area contributed by atoms with Crippen LogP contribution in [0.5, 0.6) is 0 Å². The van der Waals surface area contributed by atoms with Gasteiger partial charge in [0.2, 0.25) is 0 Å². The molecule has 2 heteroatoms. The topological polar surface area (TPSA) is 26.0 Å². The summed E-state index contributed by atoms with van der Waals surface area (Å²) in [5, 5.41) is 0. The molecule has 2 N–H and O–H groups in total. The van der Waals surface area contributed by atoms with E-state index < -0.39 is 0 Å². The molecule has 0 radical (unpaired) electrons. The van der Waals surface area contributed by atoms with Gasteiger partial charge in [0.1, 0.15) is 0 Å². The quantitative estimate of drug-likeness (QED) is 0.553. The van der Waals surface area contributed by atoms with Gasteiger partial charge in [-0.15, -0.1) is 0 Å². The highest BCUT2D eigenvalue weighted by Gasteiger charge is 1.80. The van der Waals surface area contributed by atoms with Crippen molar-refractivity contribution in [3.8, 4) is 0 Å². The van der Waals surface area contributed by atoms with E-state index in [0.29, 0.717) is 6.42 Å². The zero-order chi connectivity index (χ0) is 6.41. The van der Waals surface area contributed by atoms with Gasteiger partial charge in [0.25, 0.3) is 0 Å². The minimum atomic E-state index is -0.288. The summed E-state index contributed by atoms with van der Waals surface area (Å²) in [4.78, 5) is 0. The van der Waals surface area contributed by atoms with Crippen LogP contribution in [-0.4, -0.2) is 12.7 Å². The van der Waals surface area contributed by atoms with Crippen LogP contribution in [0.1, 0.15) is 13.3 Å². The zero-order valence-corrected chi connectivity index (χ0v) is 5.10. The lowest BCUT2D eigenvalue weighted by Crippen LogP contribution is -2.09. The van der Waals surface area contributed by atoms with Gasteiger partial charge in [-0.2, -0.15) is 0 Å². The van der Waals surface area contributed by atoms with Crippen LogP contribution in [0.15, 0.2) is 12.2 Å². The third-order valence-corrected chi connectivity index (χ3v) is 0.715. The van der Waals surface area contributed by atoms with Gasteiger partial charge in [0.05, 0.1) is 6.67 Å². The maximum atomic E-state index is 11.4. The van der Waals surface area contributed by atoms with Crippen molar-refractivity contribution in [1.82, 2.24) is 0 Å². The Labute approximate surface area is 49.4 Å². The molecule has 0 aliphatic heterocycles. The van der Waals surface area contributed by atoms with Crippen LogP contribution in [0.2, 0.25) is 0 Å². The molecule has 0 saturated heterocycles. The number of hydrogen-bond donors (Lipinski definition) is 1. The van der Waals surface area contributed by atoms with Gasteiger partial charge in [-0.1, -0.05) is 12.2 Å². The minimum absolute atomic E-state index is 0.0570. The van der Waals surface area contributed by atoms with Crippen LogP contribution < -0.4 is 5.73 Å². The van der Waals surface area contributed by atoms with Crippen molar-refractivity contribution in [3.05, 3.63) is 12.2 Å². The Morgan fingerprint density at radius 1 is 1.75 bits per heavy atom. The number of hydrogen-bond acceptors (Lipinski definition) is 1. The molecule has 1 atom stereocenters. The highest BCUT2D eigenvalue weighted by Crippen LogP contribution is 1.85. The molecule has 48 valence electrons. The van der Waals surface area contributed by atoms with Crippen molar-refractivity contribution in [3.63, 3.8) is 0 Å². The highest BCUT2D eigenvalue weighted by atomic mass is 19.1. The Bertz CT molecular complexity index is 68.9. The molecule has 0 heterocycles. The summed E-state index contributed by atoms with van der Waals surface area (Å²) in [6.45, 7) is 1.57. The molecule has 0 aromatic rings. The molecule has 8 heavy (non-hydrogen) atoms. The van der Waals surface area contributed by atoms with Crippen molar-refractivity contribution in [2.24, 2.45) is 5.73 Å². The molecular weight excluding hydrogens is 105 g/mol. The second-order valence-electron chi connectivity index (χ2n) is 1.76. The van der Waals surface area contributed by atoms with Crippen LogP contribution in [0.3, 0.4) is 0 Å². The van der Waals surface area contributed by atoms with Crippen LogP contribution in [0, 0.1) is 0 Å². The number of nitrogens with two attached hydrogens (primary N) is 1. The van der Waals surface area contributed by atoms with E-state index in [1.165, 1.54) is 0 Å². The SMILES string of the molecule is CC(N)/C=C/CCF. The summed E-state index contributed by atoms with van der Waals surface area (Å²) in [7, 11) is 0. The predicted octanol–water partition coefficient (Wildman–Crippen LogP) is 1.25. The van der Waals surface area contributed by atoms with Gasteiger partial charge in [0.15, 0.2) is 0 Å². The van der Waals surface area contributed by atoms with E-state index in [4.69, 9.17) is 5.73 Å². The zero-order valence-electron chi connectivity index (χ0n) is 5.10. The van der Waals surface area contributed by atoms with Crippen molar-refractivity contribution >= 4 is 0 Å². The fraction of sp³-hybridized carbons (Fsp3) is 0.667. The lowest BCUT2D eigenvalue weighted by molar-refractivity contribution is 0.500. The summed E-state index contributed by atoms with van der Waals surface area (Å²) in [6, 6.07) is 0.0570. The Morgan fingerprint density at radius 3 is 2.75 bits per heavy atom. The average molecular weight is 117 g/mol. The van der Waals surface area contributed by atoms with Crippen LogP contribution in [-0.2, 0) is 0 Å². The van der Waals surface area contributed by atoms with E-state index in [9.17, 15) is 4.39 Å². The minimum Gasteiger partial charge on any atom is -0.325 e. The van der Waals surface area contributed by atoms with Crippen LogP contribution in [0.25, 0.3) is 0 Å². The van der Waals surface area contributed by atoms with Crippen molar-refractivity contribution in [2.75, 3.05) is 6.67 Å². The van der Waals surface area contributed by atoms with Gasteiger partial charge >= 0.3 is 0 Å². The fourth-order valence-electron chi connectivity index (χ4n) is 0.374. The van der Waals surface area contributed by atoms with Crippen molar-refractivity contribution < 1.29 is 4.39 Å². The van der Waals surface area contributed by atoms with Crippen LogP contribution >= 0.6 is 0 Å². The Kier molecular flexibility index (Phi) is 4.56. The van der Waals surface area contributed by atoms with Crippen LogP contribution in [0.4, 0.5) is 4.39 Å². The van der Waals surface area contributed by atoms with Gasteiger partial charge in [0, 0.05) is 6.04 Å². The van der Waals surface area contributed by atoms with Crippen molar-refractivity contribution in [1.29, 1.82) is 0 Å². The second-order valence-corrected chi connectivity index (χ2v) is 1.76. The van der Waals surface area contributed by atoms with Crippen molar-refractivity contribution in [2.45, 2.75) is 19.4 Å². The first-order valence-corrected chi connectivity index (χ1v) is 2.75. The summed E-state index contributed by atoms with van der Waals surface area (Å²) in [5.74, 6) is 0. The monoisotopic (exact) mass is 117 g/mol. The summed E-state index contributed by atoms with van der Waals surface area (Å²) < 4.78 is 11.4. The molecule has 0 amide bonds. The molecule has 0 saturated carbocycles. The molecule has 0 fully saturated rings. The molecule has 0 aliphatic rings. The average Bonchev–Trinajstić information content (AvgIpc) is 1.66. The van der Waals surface area contributed by atoms with E-state index in [1.807, 2.05) is 6.92 Å². The predicted molar refractivity (Wildman–Crippen MR) is 33.4 cm³/mol. The smallest absolute Gasteiger partial charge is 0.0928 e. The maximum Gasteiger partial charge on any atom is 0.0928 e. The Hall–Kier alpha value is -0.370. The van der Waals surface area contributed by atoms with E-state index in [2.05, 4.69) is 0 Å². The van der Waals surface area contributed by atoms with Gasteiger partial charge in [-0.25, -0.2) is 0 Å². The number of alkyl halides is 1. The summed E-state index contributed by atoms with van der Waals surface area (Å²) in [6.07, 6.45) is 4.03. The normalized spacial score (nSPS) is 14.9. The van der Waals surface area contributed by atoms with Gasteiger partial charge < -0.3 is 5.73 Å². The molecular formula is C6H12FN. The number of rotatable bonds is 3. The molecule has 0 aromatic carbocycles. The van der Waals surface area contributed by atoms with E-state index in [0.717, 1.165) is 0 Å². The standard InChI is InChI=1S/C6H12FN/c1-6(8)4-2-3-5-7/h2,4,6H,3,5,8H2,1H3/b4-2+. The first kappa shape index (κ1) is 7.63. The van der Waals surface area contributed by atoms with Gasteiger partial charge in [-0.3, -0.25) is 4.39 Å². The highest BCUT2D eigenvalue weighted by molar-refractivity contribution is 4.88. The third kappa shape index (κ3) is 5.63. The maximum absolute atomic E-state index is 11.4. The lowest BCUT2D eigenvalue weighted by Gasteiger charge is -1.91. The molecule has 1 unspecified atom stereocenters. The molecule has 1 nitrogen and oxygen atoms in total. The molecule has 0 rings (SSSR count). The molecule has 0 bridgehead atoms. The number of halogens is 1. The number of allylic oxidation sites excluding steroid dienone is 1. The molecule has 0 aliphatic carbocycles.